The summed E-state index contributed by atoms with van der Waals surface area (Å²) in [5.41, 5.74) is 20.3. The fourth-order valence-corrected chi connectivity index (χ4v) is 13.2. The first-order chi connectivity index (χ1) is 39.2. The number of aromatic amines is 1. The number of fused-ring (bicyclic) bond motifs is 11. The minimum atomic E-state index is -0.848. The molecular formula is C78H75N3O. The number of nitrogens with zero attached hydrogens (tertiary/aromatic N) is 2. The summed E-state index contributed by atoms with van der Waals surface area (Å²) < 4.78 is 7.47. The number of aromatic nitrogens is 1. The number of nitrogens with one attached hydrogen (secondary N) is 1. The van der Waals surface area contributed by atoms with Crippen LogP contribution in [0.3, 0.4) is 0 Å². The Balaban J connectivity index is 1.21. The van der Waals surface area contributed by atoms with Crippen molar-refractivity contribution in [3.8, 4) is 11.1 Å². The van der Waals surface area contributed by atoms with E-state index in [0.29, 0.717) is 0 Å². The Kier molecular flexibility index (Phi) is 12.4. The van der Waals surface area contributed by atoms with Gasteiger partial charge in [0.25, 0.3) is 0 Å². The number of anilines is 5. The first kappa shape index (κ1) is 52.8. The monoisotopic (exact) mass is 1070 g/mol. The van der Waals surface area contributed by atoms with Crippen LogP contribution in [0.15, 0.2) is 235 Å². The van der Waals surface area contributed by atoms with Gasteiger partial charge in [-0.2, -0.15) is 0 Å². The third-order valence-electron chi connectivity index (χ3n) is 17.6. The second-order valence-corrected chi connectivity index (χ2v) is 27.1. The molecule has 82 heavy (non-hydrogen) atoms. The van der Waals surface area contributed by atoms with E-state index in [-0.39, 0.29) is 27.6 Å². The highest BCUT2D eigenvalue weighted by Gasteiger charge is 2.50. The molecule has 0 amide bonds. The highest BCUT2D eigenvalue weighted by atomic mass is 16.3. The van der Waals surface area contributed by atoms with E-state index in [1.54, 1.807) is 0 Å². The Labute approximate surface area is 485 Å². The molecule has 0 saturated heterocycles. The number of rotatable bonds is 8. The molecule has 0 aliphatic heterocycles. The molecule has 0 saturated carbocycles. The third-order valence-corrected chi connectivity index (χ3v) is 17.6. The molecule has 0 spiro atoms. The summed E-state index contributed by atoms with van der Waals surface area (Å²) in [4.78, 5) is 9.16. The highest BCUT2D eigenvalue weighted by molar-refractivity contribution is 6.26. The van der Waals surface area contributed by atoms with E-state index < -0.39 is 5.41 Å². The minimum absolute atomic E-state index is 0.0202. The van der Waals surface area contributed by atoms with Gasteiger partial charge in [0.15, 0.2) is 5.58 Å². The number of furan rings is 1. The molecule has 1 N–H and O–H groups in total. The van der Waals surface area contributed by atoms with Gasteiger partial charge in [0, 0.05) is 66.9 Å². The summed E-state index contributed by atoms with van der Waals surface area (Å²) in [6.07, 6.45) is 11.6. The summed E-state index contributed by atoms with van der Waals surface area (Å²) >= 11 is 0. The molecule has 0 radical (unpaired) electrons. The van der Waals surface area contributed by atoms with Crippen molar-refractivity contribution in [1.29, 1.82) is 0 Å². The van der Waals surface area contributed by atoms with Crippen molar-refractivity contribution in [1.82, 2.24) is 4.98 Å². The van der Waals surface area contributed by atoms with Crippen LogP contribution in [0.5, 0.6) is 0 Å². The number of benzene rings is 9. The molecular weight excluding hydrogens is 995 g/mol. The van der Waals surface area contributed by atoms with E-state index in [1.807, 2.05) is 0 Å². The van der Waals surface area contributed by atoms with Crippen LogP contribution in [-0.4, -0.2) is 4.98 Å². The lowest BCUT2D eigenvalue weighted by Gasteiger charge is -2.36. The van der Waals surface area contributed by atoms with Crippen molar-refractivity contribution >= 4 is 72.2 Å². The predicted molar refractivity (Wildman–Crippen MR) is 349 cm³/mol. The van der Waals surface area contributed by atoms with Crippen molar-refractivity contribution in [3.63, 3.8) is 0 Å². The van der Waals surface area contributed by atoms with Gasteiger partial charge in [0.2, 0.25) is 0 Å². The van der Waals surface area contributed by atoms with Gasteiger partial charge < -0.3 is 19.2 Å². The summed E-state index contributed by atoms with van der Waals surface area (Å²) in [7, 11) is 0. The second kappa shape index (κ2) is 19.3. The van der Waals surface area contributed by atoms with Gasteiger partial charge >= 0.3 is 0 Å². The lowest BCUT2D eigenvalue weighted by molar-refractivity contribution is 0.344. The smallest absolute Gasteiger partial charge is 0.160 e. The van der Waals surface area contributed by atoms with Crippen molar-refractivity contribution in [2.24, 2.45) is 11.3 Å². The van der Waals surface area contributed by atoms with Crippen LogP contribution in [0.1, 0.15) is 122 Å². The average Bonchev–Trinajstić information content (AvgIpc) is 3.44. The predicted octanol–water partition coefficient (Wildman–Crippen LogP) is 21.8. The maximum atomic E-state index is 7.47. The number of hydrogen-bond acceptors (Lipinski definition) is 3. The van der Waals surface area contributed by atoms with E-state index >= 15 is 0 Å². The molecule has 2 aromatic heterocycles. The minimum Gasteiger partial charge on any atom is -0.454 e. The third kappa shape index (κ3) is 8.64. The van der Waals surface area contributed by atoms with Gasteiger partial charge in [0.05, 0.1) is 22.3 Å². The van der Waals surface area contributed by atoms with Gasteiger partial charge in [-0.05, 0) is 133 Å². The fourth-order valence-electron chi connectivity index (χ4n) is 13.2. The number of H-pyrrole nitrogens is 1. The highest BCUT2D eigenvalue weighted by Crippen LogP contribution is 2.64. The van der Waals surface area contributed by atoms with Gasteiger partial charge in [-0.1, -0.05) is 235 Å². The molecule has 4 heteroatoms. The van der Waals surface area contributed by atoms with Crippen molar-refractivity contribution in [2.45, 2.75) is 105 Å². The summed E-state index contributed by atoms with van der Waals surface area (Å²) in [6, 6.07) is 73.0. The summed E-state index contributed by atoms with van der Waals surface area (Å²) in [5, 5.41) is 4.50. The maximum absolute atomic E-state index is 7.47. The lowest BCUT2D eigenvalue weighted by Crippen LogP contribution is -2.29. The Bertz CT molecular complexity index is 4230. The topological polar surface area (TPSA) is 35.4 Å². The zero-order valence-corrected chi connectivity index (χ0v) is 49.7. The molecule has 408 valence electrons. The Morgan fingerprint density at radius 1 is 0.451 bits per heavy atom. The quantitative estimate of drug-likeness (QED) is 0.165. The second-order valence-electron chi connectivity index (χ2n) is 27.1. The van der Waals surface area contributed by atoms with E-state index in [2.05, 4.69) is 322 Å². The summed E-state index contributed by atoms with van der Waals surface area (Å²) in [5.74, 6) is 0.233. The molecule has 4 nitrogen and oxygen atoms in total. The summed E-state index contributed by atoms with van der Waals surface area (Å²) in [6.45, 7) is 27.6. The Morgan fingerprint density at radius 2 is 0.927 bits per heavy atom. The maximum Gasteiger partial charge on any atom is 0.160 e. The fraction of sp³-hybridized carbons (Fsp3) is 0.231. The lowest BCUT2D eigenvalue weighted by atomic mass is 9.67. The van der Waals surface area contributed by atoms with Crippen LogP contribution in [-0.2, 0) is 21.7 Å². The van der Waals surface area contributed by atoms with Crippen molar-refractivity contribution < 1.29 is 4.42 Å². The Morgan fingerprint density at radius 3 is 1.46 bits per heavy atom. The van der Waals surface area contributed by atoms with Gasteiger partial charge in [-0.25, -0.2) is 0 Å². The van der Waals surface area contributed by atoms with E-state index in [9.17, 15) is 0 Å². The number of hydrogen-bond donors (Lipinski definition) is 1. The molecule has 0 bridgehead atoms. The van der Waals surface area contributed by atoms with Gasteiger partial charge in [-0.15, -0.1) is 0 Å². The van der Waals surface area contributed by atoms with E-state index in [4.69, 9.17) is 4.42 Å². The first-order valence-electron chi connectivity index (χ1n) is 29.4. The van der Waals surface area contributed by atoms with Gasteiger partial charge in [-0.3, -0.25) is 0 Å². The van der Waals surface area contributed by atoms with E-state index in [0.717, 1.165) is 72.5 Å². The molecule has 2 aliphatic rings. The largest absolute Gasteiger partial charge is 0.454 e. The molecule has 1 unspecified atom stereocenters. The molecule has 1 atom stereocenters. The molecule has 0 fully saturated rings. The van der Waals surface area contributed by atoms with Crippen molar-refractivity contribution in [2.75, 3.05) is 9.80 Å². The zero-order chi connectivity index (χ0) is 57.1. The molecule has 2 aliphatic carbocycles. The average molecular weight is 1070 g/mol. The first-order valence-corrected chi connectivity index (χ1v) is 29.4. The molecule has 2 heterocycles. The van der Waals surface area contributed by atoms with Crippen LogP contribution in [0, 0.1) is 11.3 Å². The van der Waals surface area contributed by atoms with Crippen molar-refractivity contribution in [3.05, 3.63) is 269 Å². The molecule has 13 rings (SSSR count). The van der Waals surface area contributed by atoms with Gasteiger partial charge in [0.1, 0.15) is 5.58 Å². The molecule has 9 aromatic carbocycles. The van der Waals surface area contributed by atoms with Crippen LogP contribution < -0.4 is 9.80 Å². The standard InChI is InChI=1S/C78H75N3O/c1-74(2,3)50-28-23-29-56(41-34-50)81(59-46-39-53(40-47-59)77(10,11)12)66-49-62-70(69-61-31-20-22-33-67(61)82-73(66)69)71-63(78(62,54-24-15-13-16-25-54)55-26-17-14-18-27-55)48-65(68-60-30-19-21-32-64(60)79-72(68)71)80(57-42-35-51(36-43-57)75(4,5)6)58-44-37-52(38-45-58)76(7,8)9/h13-50,79H,1-12H3. The Hall–Kier alpha value is -8.60. The number of para-hydroxylation sites is 2. The van der Waals surface area contributed by atoms with E-state index in [1.165, 1.54) is 55.5 Å². The SMILES string of the molecule is CC(C)(C)c1ccc(N(C2=CC=CC(C(C)(C)C)C=C2)c2cc3c(c4c2oc2ccccc24)-c2c(cc(N(c4ccc(C(C)(C)C)cc4)c4ccc(C(C)(C)C)cc4)c4c2[nH]c2ccccc24)C3(c2ccccc2)c2ccccc2)cc1. The van der Waals surface area contributed by atoms with Crippen LogP contribution >= 0.6 is 0 Å². The normalized spacial score (nSPS) is 15.3. The number of allylic oxidation sites excluding steroid dienone is 5. The van der Waals surface area contributed by atoms with Crippen LogP contribution in [0.4, 0.5) is 28.4 Å². The molecule has 11 aromatic rings. The van der Waals surface area contributed by atoms with Crippen LogP contribution in [0.2, 0.25) is 0 Å². The van der Waals surface area contributed by atoms with Crippen LogP contribution in [0.25, 0.3) is 54.9 Å². The zero-order valence-electron chi connectivity index (χ0n) is 49.7.